The van der Waals surface area contributed by atoms with Crippen molar-refractivity contribution in [3.63, 3.8) is 0 Å². The molecule has 134 valence electrons. The fraction of sp³-hybridized carbons (Fsp3) is 0.364. The molecule has 4 rings (SSSR count). The van der Waals surface area contributed by atoms with Crippen LogP contribution in [0.1, 0.15) is 37.3 Å². The molecule has 1 saturated heterocycles. The van der Waals surface area contributed by atoms with Gasteiger partial charge in [-0.05, 0) is 41.5 Å². The highest BCUT2D eigenvalue weighted by molar-refractivity contribution is 5.86. The van der Waals surface area contributed by atoms with E-state index in [0.717, 1.165) is 6.42 Å². The van der Waals surface area contributed by atoms with Crippen LogP contribution in [0.4, 0.5) is 4.79 Å². The maximum Gasteiger partial charge on any atom is 0.410 e. The van der Waals surface area contributed by atoms with Crippen LogP contribution in [0.25, 0.3) is 11.1 Å². The van der Waals surface area contributed by atoms with E-state index in [0.29, 0.717) is 19.1 Å². The lowest BCUT2D eigenvalue weighted by atomic mass is 9.98. The van der Waals surface area contributed by atoms with Gasteiger partial charge in [-0.1, -0.05) is 55.5 Å². The number of carbonyl (C=O) groups is 2. The molecule has 4 nitrogen and oxygen atoms in total. The third-order valence-electron chi connectivity index (χ3n) is 5.55. The number of amides is 1. The Kier molecular flexibility index (Phi) is 4.27. The number of carbonyl (C=O) groups excluding carboxylic acids is 2. The molecule has 0 spiro atoms. The summed E-state index contributed by atoms with van der Waals surface area (Å²) in [5.74, 6) is 0.398. The summed E-state index contributed by atoms with van der Waals surface area (Å²) in [5.41, 5.74) is 4.81. The van der Waals surface area contributed by atoms with Gasteiger partial charge in [0.2, 0.25) is 0 Å². The second-order valence-corrected chi connectivity index (χ2v) is 7.42. The monoisotopic (exact) mass is 349 g/mol. The first-order valence-electron chi connectivity index (χ1n) is 9.18. The average Bonchev–Trinajstić information content (AvgIpc) is 3.18. The van der Waals surface area contributed by atoms with Gasteiger partial charge in [0, 0.05) is 12.5 Å². The Bertz CT molecular complexity index is 814. The Hall–Kier alpha value is -2.62. The van der Waals surface area contributed by atoms with Gasteiger partial charge in [-0.2, -0.15) is 0 Å². The van der Waals surface area contributed by atoms with E-state index in [2.05, 4.69) is 31.2 Å². The molecule has 26 heavy (non-hydrogen) atoms. The number of ether oxygens (including phenoxy) is 1. The molecule has 2 atom stereocenters. The van der Waals surface area contributed by atoms with Crippen LogP contribution in [0.3, 0.4) is 0 Å². The molecule has 1 fully saturated rings. The van der Waals surface area contributed by atoms with E-state index >= 15 is 0 Å². The third-order valence-corrected chi connectivity index (χ3v) is 5.55. The molecule has 4 heteroatoms. The summed E-state index contributed by atoms with van der Waals surface area (Å²) < 4.78 is 5.69. The first-order valence-corrected chi connectivity index (χ1v) is 9.18. The summed E-state index contributed by atoms with van der Waals surface area (Å²) in [5, 5.41) is 0. The van der Waals surface area contributed by atoms with Gasteiger partial charge in [-0.15, -0.1) is 0 Å². The number of rotatable bonds is 3. The molecule has 2 aliphatic rings. The van der Waals surface area contributed by atoms with Crippen molar-refractivity contribution < 1.29 is 14.3 Å². The van der Waals surface area contributed by atoms with Gasteiger partial charge in [0.15, 0.2) is 5.78 Å². The average molecular weight is 349 g/mol. The molecule has 2 aromatic carbocycles. The maximum absolute atomic E-state index is 12.6. The molecular weight excluding hydrogens is 326 g/mol. The number of likely N-dealkylation sites (tertiary alicyclic amines) is 1. The second-order valence-electron chi connectivity index (χ2n) is 7.42. The summed E-state index contributed by atoms with van der Waals surface area (Å²) in [7, 11) is 0. The molecular formula is C22H23NO3. The molecule has 0 N–H and O–H groups in total. The lowest BCUT2D eigenvalue weighted by Gasteiger charge is -2.23. The van der Waals surface area contributed by atoms with Gasteiger partial charge in [0.1, 0.15) is 6.61 Å². The van der Waals surface area contributed by atoms with Crippen LogP contribution >= 0.6 is 0 Å². The predicted molar refractivity (Wildman–Crippen MR) is 100 cm³/mol. The highest BCUT2D eigenvalue weighted by atomic mass is 16.6. The van der Waals surface area contributed by atoms with Crippen LogP contribution < -0.4 is 0 Å². The summed E-state index contributed by atoms with van der Waals surface area (Å²) in [4.78, 5) is 26.1. The molecule has 2 aromatic rings. The van der Waals surface area contributed by atoms with E-state index in [4.69, 9.17) is 4.74 Å². The standard InChI is InChI=1S/C22H23NO3/c1-14-11-21(15(2)24)23(12-14)22(25)26-13-20-18-9-5-3-7-16(18)17-8-4-6-10-19(17)20/h3-10,14,20-21H,11-13H2,1-2H3/t14-,21-/m0/s1. The Balaban J connectivity index is 1.53. The number of Topliss-reactive ketones (excluding diaryl/α,β-unsaturated/α-hetero) is 1. The molecule has 0 unspecified atom stereocenters. The van der Waals surface area contributed by atoms with E-state index in [1.807, 2.05) is 24.3 Å². The second kappa shape index (κ2) is 6.60. The zero-order valence-electron chi connectivity index (χ0n) is 15.1. The summed E-state index contributed by atoms with van der Waals surface area (Å²) in [6.07, 6.45) is 0.343. The molecule has 0 bridgehead atoms. The van der Waals surface area contributed by atoms with Crippen LogP contribution in [0, 0.1) is 5.92 Å². The molecule has 0 saturated carbocycles. The van der Waals surface area contributed by atoms with Crippen molar-refractivity contribution in [1.29, 1.82) is 0 Å². The Morgan fingerprint density at radius 2 is 1.62 bits per heavy atom. The fourth-order valence-corrected chi connectivity index (χ4v) is 4.31. The highest BCUT2D eigenvalue weighted by Crippen LogP contribution is 2.44. The molecule has 1 aliphatic carbocycles. The lowest BCUT2D eigenvalue weighted by Crippen LogP contribution is -2.40. The minimum absolute atomic E-state index is 0.0304. The van der Waals surface area contributed by atoms with Crippen LogP contribution in [0.15, 0.2) is 48.5 Å². The Labute approximate surface area is 153 Å². The van der Waals surface area contributed by atoms with E-state index in [9.17, 15) is 9.59 Å². The first kappa shape index (κ1) is 16.8. The third kappa shape index (κ3) is 2.79. The number of benzene rings is 2. The van der Waals surface area contributed by atoms with Crippen molar-refractivity contribution >= 4 is 11.9 Å². The largest absolute Gasteiger partial charge is 0.448 e. The predicted octanol–water partition coefficient (Wildman–Crippen LogP) is 4.23. The van der Waals surface area contributed by atoms with Gasteiger partial charge in [-0.25, -0.2) is 4.79 Å². The van der Waals surface area contributed by atoms with Gasteiger partial charge in [-0.3, -0.25) is 9.69 Å². The molecule has 0 aromatic heterocycles. The van der Waals surface area contributed by atoms with Gasteiger partial charge >= 0.3 is 6.09 Å². The van der Waals surface area contributed by atoms with Crippen molar-refractivity contribution in [2.75, 3.05) is 13.2 Å². The summed E-state index contributed by atoms with van der Waals surface area (Å²) >= 11 is 0. The fourth-order valence-electron chi connectivity index (χ4n) is 4.31. The van der Waals surface area contributed by atoms with Crippen LogP contribution in [-0.2, 0) is 9.53 Å². The Morgan fingerprint density at radius 3 is 2.19 bits per heavy atom. The minimum Gasteiger partial charge on any atom is -0.448 e. The molecule has 1 amide bonds. The van der Waals surface area contributed by atoms with E-state index < -0.39 is 0 Å². The van der Waals surface area contributed by atoms with Crippen molar-refractivity contribution in [2.45, 2.75) is 32.2 Å². The van der Waals surface area contributed by atoms with Crippen LogP contribution in [-0.4, -0.2) is 36.0 Å². The SMILES string of the molecule is CC(=O)[C@@H]1C[C@H](C)CN1C(=O)OCC1c2ccccc2-c2ccccc21. The zero-order valence-corrected chi connectivity index (χ0v) is 15.1. The van der Waals surface area contributed by atoms with Crippen LogP contribution in [0.5, 0.6) is 0 Å². The van der Waals surface area contributed by atoms with Crippen LogP contribution in [0.2, 0.25) is 0 Å². The topological polar surface area (TPSA) is 46.6 Å². The number of nitrogens with zero attached hydrogens (tertiary/aromatic N) is 1. The number of ketones is 1. The minimum atomic E-state index is -0.378. The van der Waals surface area contributed by atoms with Gasteiger partial charge < -0.3 is 4.74 Å². The van der Waals surface area contributed by atoms with Gasteiger partial charge in [0.25, 0.3) is 0 Å². The highest BCUT2D eigenvalue weighted by Gasteiger charge is 2.37. The number of hydrogen-bond acceptors (Lipinski definition) is 3. The number of fused-ring (bicyclic) bond motifs is 3. The molecule has 1 heterocycles. The normalized spacial score (nSPS) is 21.4. The van der Waals surface area contributed by atoms with Crippen molar-refractivity contribution in [3.8, 4) is 11.1 Å². The molecule has 1 aliphatic heterocycles. The molecule has 0 radical (unpaired) electrons. The van der Waals surface area contributed by atoms with Gasteiger partial charge in [0.05, 0.1) is 6.04 Å². The Morgan fingerprint density at radius 1 is 1.04 bits per heavy atom. The zero-order chi connectivity index (χ0) is 18.3. The quantitative estimate of drug-likeness (QED) is 0.833. The van der Waals surface area contributed by atoms with E-state index in [1.54, 1.807) is 11.8 Å². The van der Waals surface area contributed by atoms with E-state index in [-0.39, 0.29) is 23.8 Å². The van der Waals surface area contributed by atoms with Crippen molar-refractivity contribution in [1.82, 2.24) is 4.90 Å². The number of hydrogen-bond donors (Lipinski definition) is 0. The maximum atomic E-state index is 12.6. The first-order chi connectivity index (χ1) is 12.6. The van der Waals surface area contributed by atoms with Crippen molar-refractivity contribution in [3.05, 3.63) is 59.7 Å². The lowest BCUT2D eigenvalue weighted by molar-refractivity contribution is -0.120. The smallest absolute Gasteiger partial charge is 0.410 e. The van der Waals surface area contributed by atoms with Crippen molar-refractivity contribution in [2.24, 2.45) is 5.92 Å². The summed E-state index contributed by atoms with van der Waals surface area (Å²) in [6.45, 7) is 4.49. The van der Waals surface area contributed by atoms with E-state index in [1.165, 1.54) is 22.3 Å². The summed E-state index contributed by atoms with van der Waals surface area (Å²) in [6, 6.07) is 16.2.